The maximum atomic E-state index is 12.3. The van der Waals surface area contributed by atoms with Crippen LogP contribution in [0, 0.1) is 6.92 Å². The second-order valence-electron chi connectivity index (χ2n) is 5.94. The van der Waals surface area contributed by atoms with Crippen LogP contribution in [0.15, 0.2) is 47.3 Å². The van der Waals surface area contributed by atoms with Crippen LogP contribution in [0.25, 0.3) is 0 Å². The summed E-state index contributed by atoms with van der Waals surface area (Å²) in [7, 11) is 0. The molecule has 1 atom stereocenters. The van der Waals surface area contributed by atoms with Crippen molar-refractivity contribution >= 4 is 17.2 Å². The Morgan fingerprint density at radius 1 is 1.33 bits per heavy atom. The van der Waals surface area contributed by atoms with Crippen molar-refractivity contribution in [3.05, 3.63) is 69.7 Å². The number of hydrogen-bond donors (Lipinski definition) is 1. The van der Waals surface area contributed by atoms with Crippen LogP contribution in [0.2, 0.25) is 0 Å². The largest absolute Gasteiger partial charge is 0.348 e. The third kappa shape index (κ3) is 4.08. The quantitative estimate of drug-likeness (QED) is 0.750. The summed E-state index contributed by atoms with van der Waals surface area (Å²) < 4.78 is 1.70. The van der Waals surface area contributed by atoms with Crippen molar-refractivity contribution in [1.29, 1.82) is 0 Å². The van der Waals surface area contributed by atoms with E-state index in [2.05, 4.69) is 46.1 Å². The molecule has 6 heteroatoms. The smallest absolute Gasteiger partial charge is 0.273 e. The van der Waals surface area contributed by atoms with Gasteiger partial charge in [0.05, 0.1) is 12.7 Å². The normalized spacial score (nSPS) is 12.1. The van der Waals surface area contributed by atoms with Crippen molar-refractivity contribution in [1.82, 2.24) is 20.3 Å². The van der Waals surface area contributed by atoms with Crippen molar-refractivity contribution < 1.29 is 4.79 Å². The second kappa shape index (κ2) is 7.40. The Bertz CT molecular complexity index is 810. The van der Waals surface area contributed by atoms with Gasteiger partial charge in [0.25, 0.3) is 5.91 Å². The maximum absolute atomic E-state index is 12.3. The molecule has 1 unspecified atom stereocenters. The van der Waals surface area contributed by atoms with Crippen LogP contribution in [0.4, 0.5) is 0 Å². The number of amides is 1. The molecule has 5 nitrogen and oxygen atoms in total. The molecule has 0 aliphatic carbocycles. The maximum Gasteiger partial charge on any atom is 0.273 e. The number of carbonyl (C=O) groups is 1. The number of benzene rings is 1. The third-order valence-corrected chi connectivity index (χ3v) is 4.60. The Morgan fingerprint density at radius 2 is 2.17 bits per heavy atom. The molecule has 0 aliphatic rings. The fourth-order valence-corrected chi connectivity index (χ4v) is 3.23. The lowest BCUT2D eigenvalue weighted by atomic mass is 10.1. The average molecular weight is 340 g/mol. The van der Waals surface area contributed by atoms with E-state index >= 15 is 0 Å². The molecule has 1 aromatic carbocycles. The van der Waals surface area contributed by atoms with E-state index in [-0.39, 0.29) is 11.9 Å². The first-order chi connectivity index (χ1) is 11.6. The minimum absolute atomic E-state index is 0.0496. The van der Waals surface area contributed by atoms with E-state index in [4.69, 9.17) is 0 Å². The summed E-state index contributed by atoms with van der Waals surface area (Å²) in [5, 5.41) is 15.2. The van der Waals surface area contributed by atoms with Gasteiger partial charge in [-0.2, -0.15) is 11.3 Å². The van der Waals surface area contributed by atoms with Gasteiger partial charge in [0.1, 0.15) is 0 Å². The first-order valence-electron chi connectivity index (χ1n) is 7.88. The van der Waals surface area contributed by atoms with Crippen molar-refractivity contribution in [2.24, 2.45) is 0 Å². The molecular weight excluding hydrogens is 320 g/mol. The molecule has 3 aromatic rings. The lowest BCUT2D eigenvalue weighted by Gasteiger charge is -2.11. The Morgan fingerprint density at radius 3 is 2.92 bits per heavy atom. The van der Waals surface area contributed by atoms with Gasteiger partial charge in [-0.1, -0.05) is 29.5 Å². The lowest BCUT2D eigenvalue weighted by molar-refractivity contribution is 0.0935. The molecule has 3 rings (SSSR count). The number of aromatic nitrogens is 3. The fourth-order valence-electron chi connectivity index (χ4n) is 2.55. The Hall–Kier alpha value is -2.47. The summed E-state index contributed by atoms with van der Waals surface area (Å²) in [4.78, 5) is 12.3. The van der Waals surface area contributed by atoms with Gasteiger partial charge in [-0.3, -0.25) is 4.79 Å². The zero-order chi connectivity index (χ0) is 16.9. The van der Waals surface area contributed by atoms with Crippen LogP contribution < -0.4 is 5.32 Å². The Labute approximate surface area is 145 Å². The first kappa shape index (κ1) is 16.4. The van der Waals surface area contributed by atoms with Gasteiger partial charge in [0, 0.05) is 6.04 Å². The molecule has 0 saturated heterocycles. The predicted octanol–water partition coefficient (Wildman–Crippen LogP) is 3.06. The summed E-state index contributed by atoms with van der Waals surface area (Å²) in [6.07, 6.45) is 2.51. The average Bonchev–Trinajstić information content (AvgIpc) is 3.21. The van der Waals surface area contributed by atoms with E-state index in [1.54, 1.807) is 22.2 Å². The van der Waals surface area contributed by atoms with E-state index in [9.17, 15) is 4.79 Å². The van der Waals surface area contributed by atoms with Crippen LogP contribution in [-0.4, -0.2) is 26.9 Å². The highest BCUT2D eigenvalue weighted by molar-refractivity contribution is 7.07. The number of nitrogens with one attached hydrogen (secondary N) is 1. The molecule has 0 aliphatic heterocycles. The zero-order valence-corrected chi connectivity index (χ0v) is 14.6. The van der Waals surface area contributed by atoms with Gasteiger partial charge in [-0.05, 0) is 53.8 Å². The molecule has 0 spiro atoms. The summed E-state index contributed by atoms with van der Waals surface area (Å²) in [5.74, 6) is -0.186. The minimum atomic E-state index is -0.186. The molecule has 0 radical (unpaired) electrons. The molecule has 124 valence electrons. The molecular formula is C18H20N4OS. The van der Waals surface area contributed by atoms with Crippen molar-refractivity contribution in [3.63, 3.8) is 0 Å². The summed E-state index contributed by atoms with van der Waals surface area (Å²) in [6.45, 7) is 4.66. The first-order valence-corrected chi connectivity index (χ1v) is 8.82. The molecule has 0 saturated carbocycles. The minimum Gasteiger partial charge on any atom is -0.348 e. The zero-order valence-electron chi connectivity index (χ0n) is 13.8. The summed E-state index contributed by atoms with van der Waals surface area (Å²) in [5.41, 5.74) is 3.94. The Balaban J connectivity index is 1.60. The van der Waals surface area contributed by atoms with Gasteiger partial charge >= 0.3 is 0 Å². The highest BCUT2D eigenvalue weighted by Crippen LogP contribution is 2.10. The second-order valence-corrected chi connectivity index (χ2v) is 6.72. The molecule has 24 heavy (non-hydrogen) atoms. The van der Waals surface area contributed by atoms with E-state index in [0.29, 0.717) is 12.2 Å². The van der Waals surface area contributed by atoms with Gasteiger partial charge in [0.15, 0.2) is 5.69 Å². The van der Waals surface area contributed by atoms with Crippen LogP contribution in [0.3, 0.4) is 0 Å². The van der Waals surface area contributed by atoms with Crippen LogP contribution in [0.1, 0.15) is 34.1 Å². The summed E-state index contributed by atoms with van der Waals surface area (Å²) in [6, 6.07) is 10.2. The van der Waals surface area contributed by atoms with Crippen molar-refractivity contribution in [2.45, 2.75) is 32.9 Å². The topological polar surface area (TPSA) is 59.8 Å². The van der Waals surface area contributed by atoms with E-state index in [1.165, 1.54) is 16.7 Å². The van der Waals surface area contributed by atoms with Gasteiger partial charge in [0.2, 0.25) is 0 Å². The molecule has 2 aromatic heterocycles. The SMILES string of the molecule is Cc1ccccc1Cn1cc(C(=O)NC(C)Cc2ccsc2)nn1. The van der Waals surface area contributed by atoms with Gasteiger partial charge < -0.3 is 5.32 Å². The van der Waals surface area contributed by atoms with Crippen molar-refractivity contribution in [2.75, 3.05) is 0 Å². The number of carbonyl (C=O) groups excluding carboxylic acids is 1. The third-order valence-electron chi connectivity index (χ3n) is 3.86. The molecule has 1 N–H and O–H groups in total. The monoisotopic (exact) mass is 340 g/mol. The van der Waals surface area contributed by atoms with Crippen molar-refractivity contribution in [3.8, 4) is 0 Å². The molecule has 1 amide bonds. The van der Waals surface area contributed by atoms with Crippen LogP contribution in [-0.2, 0) is 13.0 Å². The van der Waals surface area contributed by atoms with Crippen LogP contribution >= 0.6 is 11.3 Å². The summed E-state index contributed by atoms with van der Waals surface area (Å²) >= 11 is 1.66. The molecule has 0 bridgehead atoms. The number of rotatable bonds is 6. The number of thiophene rings is 1. The number of nitrogens with zero attached hydrogens (tertiary/aromatic N) is 3. The van der Waals surface area contributed by atoms with Gasteiger partial charge in [-0.25, -0.2) is 4.68 Å². The van der Waals surface area contributed by atoms with E-state index < -0.39 is 0 Å². The van der Waals surface area contributed by atoms with E-state index in [0.717, 1.165) is 6.42 Å². The number of aryl methyl sites for hydroxylation is 1. The molecule has 0 fully saturated rings. The predicted molar refractivity (Wildman–Crippen MR) is 95.3 cm³/mol. The lowest BCUT2D eigenvalue weighted by Crippen LogP contribution is -2.34. The Kier molecular flexibility index (Phi) is 5.05. The van der Waals surface area contributed by atoms with E-state index in [1.807, 2.05) is 24.4 Å². The fraction of sp³-hybridized carbons (Fsp3) is 0.278. The highest BCUT2D eigenvalue weighted by Gasteiger charge is 2.14. The highest BCUT2D eigenvalue weighted by atomic mass is 32.1. The number of hydrogen-bond acceptors (Lipinski definition) is 4. The molecule has 2 heterocycles. The van der Waals surface area contributed by atoms with Crippen LogP contribution in [0.5, 0.6) is 0 Å². The van der Waals surface area contributed by atoms with Gasteiger partial charge in [-0.15, -0.1) is 5.10 Å². The standard InChI is InChI=1S/C18H20N4OS/c1-13-5-3-4-6-16(13)10-22-11-17(20-21-22)18(23)19-14(2)9-15-7-8-24-12-15/h3-8,11-12,14H,9-10H2,1-2H3,(H,19,23).